The van der Waals surface area contributed by atoms with Crippen LogP contribution in [0.15, 0.2) is 35.5 Å². The van der Waals surface area contributed by atoms with Crippen LogP contribution in [-0.4, -0.2) is 17.0 Å². The highest BCUT2D eigenvalue weighted by atomic mass is 35.5. The average molecular weight is 325 g/mol. The summed E-state index contributed by atoms with van der Waals surface area (Å²) in [5, 5.41) is 12.0. The summed E-state index contributed by atoms with van der Waals surface area (Å²) in [5.41, 5.74) is 1.67. The van der Waals surface area contributed by atoms with E-state index in [9.17, 15) is 10.1 Å². The Morgan fingerprint density at radius 1 is 1.43 bits per heavy atom. The van der Waals surface area contributed by atoms with E-state index in [0.29, 0.717) is 22.1 Å². The molecule has 7 heteroatoms. The van der Waals surface area contributed by atoms with Crippen molar-refractivity contribution in [3.05, 3.63) is 56.7 Å². The molecule has 0 aliphatic rings. The molecule has 0 saturated heterocycles. The molecule has 0 fully saturated rings. The molecule has 2 rings (SSSR count). The van der Waals surface area contributed by atoms with E-state index in [0.717, 1.165) is 10.6 Å². The van der Waals surface area contributed by atoms with Gasteiger partial charge in [0.25, 0.3) is 5.69 Å². The van der Waals surface area contributed by atoms with Crippen LogP contribution in [0, 0.1) is 17.0 Å². The molecule has 0 bridgehead atoms. The molecule has 2 aromatic rings. The van der Waals surface area contributed by atoms with Gasteiger partial charge in [-0.15, -0.1) is 11.8 Å². The van der Waals surface area contributed by atoms with E-state index in [1.54, 1.807) is 20.1 Å². The largest absolute Gasteiger partial charge is 0.495 e. The van der Waals surface area contributed by atoms with Crippen LogP contribution in [0.3, 0.4) is 0 Å². The molecule has 110 valence electrons. The topological polar surface area (TPSA) is 65.3 Å². The fourth-order valence-electron chi connectivity index (χ4n) is 1.75. The van der Waals surface area contributed by atoms with Gasteiger partial charge in [-0.1, -0.05) is 17.7 Å². The number of hydrogen-bond acceptors (Lipinski definition) is 5. The van der Waals surface area contributed by atoms with E-state index in [-0.39, 0.29) is 5.69 Å². The fraction of sp³-hybridized carbons (Fsp3) is 0.214. The number of pyridine rings is 1. The van der Waals surface area contributed by atoms with Crippen LogP contribution in [0.5, 0.6) is 5.75 Å². The van der Waals surface area contributed by atoms with Crippen molar-refractivity contribution in [2.24, 2.45) is 0 Å². The van der Waals surface area contributed by atoms with Crippen molar-refractivity contribution in [1.29, 1.82) is 0 Å². The van der Waals surface area contributed by atoms with Crippen LogP contribution in [0.2, 0.25) is 5.02 Å². The first-order valence-electron chi connectivity index (χ1n) is 6.07. The average Bonchev–Trinajstić information content (AvgIpc) is 2.45. The highest BCUT2D eigenvalue weighted by Crippen LogP contribution is 2.29. The highest BCUT2D eigenvalue weighted by molar-refractivity contribution is 7.98. The Hall–Kier alpha value is -1.79. The molecule has 1 aromatic carbocycles. The van der Waals surface area contributed by atoms with Crippen molar-refractivity contribution in [2.75, 3.05) is 7.11 Å². The van der Waals surface area contributed by atoms with Gasteiger partial charge in [-0.2, -0.15) is 0 Å². The van der Waals surface area contributed by atoms with E-state index >= 15 is 0 Å². The highest BCUT2D eigenvalue weighted by Gasteiger charge is 2.11. The van der Waals surface area contributed by atoms with Gasteiger partial charge in [0.05, 0.1) is 22.1 Å². The zero-order valence-electron chi connectivity index (χ0n) is 11.5. The maximum Gasteiger partial charge on any atom is 0.290 e. The minimum absolute atomic E-state index is 0.0341. The van der Waals surface area contributed by atoms with Crippen LogP contribution in [0.4, 0.5) is 5.69 Å². The summed E-state index contributed by atoms with van der Waals surface area (Å²) in [6.07, 6.45) is 1.29. The van der Waals surface area contributed by atoms with Gasteiger partial charge >= 0.3 is 0 Å². The lowest BCUT2D eigenvalue weighted by Gasteiger charge is -2.06. The molecule has 0 aliphatic carbocycles. The molecule has 1 heterocycles. The van der Waals surface area contributed by atoms with Crippen molar-refractivity contribution < 1.29 is 9.66 Å². The van der Waals surface area contributed by atoms with Crippen molar-refractivity contribution in [3.8, 4) is 5.75 Å². The predicted octanol–water partition coefficient (Wildman–Crippen LogP) is 4.25. The van der Waals surface area contributed by atoms with Gasteiger partial charge in [-0.25, -0.2) is 4.98 Å². The molecule has 0 N–H and O–H groups in total. The summed E-state index contributed by atoms with van der Waals surface area (Å²) >= 11 is 7.56. The fourth-order valence-corrected chi connectivity index (χ4v) is 2.91. The molecule has 0 spiro atoms. The van der Waals surface area contributed by atoms with Gasteiger partial charge < -0.3 is 4.74 Å². The number of thioether (sulfide) groups is 1. The number of hydrogen-bond donors (Lipinski definition) is 0. The Bertz CT molecular complexity index is 679. The van der Waals surface area contributed by atoms with Gasteiger partial charge in [-0.3, -0.25) is 10.1 Å². The third-order valence-electron chi connectivity index (χ3n) is 2.86. The van der Waals surface area contributed by atoms with Crippen molar-refractivity contribution >= 4 is 29.1 Å². The van der Waals surface area contributed by atoms with Crippen molar-refractivity contribution in [2.45, 2.75) is 17.7 Å². The van der Waals surface area contributed by atoms with E-state index in [4.69, 9.17) is 16.3 Å². The van der Waals surface area contributed by atoms with Crippen LogP contribution >= 0.6 is 23.4 Å². The van der Waals surface area contributed by atoms with E-state index in [2.05, 4.69) is 4.98 Å². The summed E-state index contributed by atoms with van der Waals surface area (Å²) in [6.45, 7) is 1.70. The lowest BCUT2D eigenvalue weighted by Crippen LogP contribution is -1.94. The Kier molecular flexibility index (Phi) is 5.03. The zero-order valence-corrected chi connectivity index (χ0v) is 13.1. The third-order valence-corrected chi connectivity index (χ3v) is 4.15. The van der Waals surface area contributed by atoms with E-state index in [1.807, 2.05) is 18.2 Å². The summed E-state index contributed by atoms with van der Waals surface area (Å²) in [6, 6.07) is 7.29. The summed E-state index contributed by atoms with van der Waals surface area (Å²) < 4.78 is 5.10. The third kappa shape index (κ3) is 3.86. The minimum atomic E-state index is -0.431. The van der Waals surface area contributed by atoms with E-state index < -0.39 is 4.92 Å². The number of nitro groups is 1. The lowest BCUT2D eigenvalue weighted by atomic mass is 10.2. The normalized spacial score (nSPS) is 10.4. The number of aryl methyl sites for hydroxylation is 1. The smallest absolute Gasteiger partial charge is 0.290 e. The minimum Gasteiger partial charge on any atom is -0.495 e. The number of benzene rings is 1. The predicted molar refractivity (Wildman–Crippen MR) is 83.2 cm³/mol. The molecular weight excluding hydrogens is 312 g/mol. The molecule has 0 saturated carbocycles. The molecule has 0 atom stereocenters. The van der Waals surface area contributed by atoms with Gasteiger partial charge in [-0.05, 0) is 30.7 Å². The van der Waals surface area contributed by atoms with E-state index in [1.165, 1.54) is 18.0 Å². The summed E-state index contributed by atoms with van der Waals surface area (Å²) in [4.78, 5) is 14.4. The van der Waals surface area contributed by atoms with Crippen LogP contribution in [-0.2, 0) is 5.75 Å². The number of aromatic nitrogens is 1. The first kappa shape index (κ1) is 15.6. The number of halogens is 1. The summed E-state index contributed by atoms with van der Waals surface area (Å²) in [5.74, 6) is 1.31. The molecule has 5 nitrogen and oxygen atoms in total. The van der Waals surface area contributed by atoms with Gasteiger partial charge in [0.2, 0.25) is 0 Å². The van der Waals surface area contributed by atoms with Gasteiger partial charge in [0.1, 0.15) is 11.9 Å². The molecule has 21 heavy (non-hydrogen) atoms. The second kappa shape index (κ2) is 6.78. The van der Waals surface area contributed by atoms with Crippen molar-refractivity contribution in [1.82, 2.24) is 4.98 Å². The quantitative estimate of drug-likeness (QED) is 0.467. The maximum absolute atomic E-state index is 10.7. The first-order chi connectivity index (χ1) is 10.0. The Balaban J connectivity index is 2.08. The van der Waals surface area contributed by atoms with Crippen molar-refractivity contribution in [3.63, 3.8) is 0 Å². The maximum atomic E-state index is 10.7. The zero-order chi connectivity index (χ0) is 15.4. The van der Waals surface area contributed by atoms with Crippen LogP contribution < -0.4 is 4.74 Å². The standard InChI is InChI=1S/C14H13ClN2O3S/c1-9-5-14(16-7-12(9)17(18)19)21-8-10-3-4-13(20-2)11(15)6-10/h3-7H,8H2,1-2H3. The SMILES string of the molecule is COc1ccc(CSc2cc(C)c([N+](=O)[O-])cn2)cc1Cl. The number of rotatable bonds is 5. The van der Waals surface area contributed by atoms with Gasteiger partial charge in [0, 0.05) is 11.3 Å². The molecular formula is C14H13ClN2O3S. The number of ether oxygens (including phenoxy) is 1. The first-order valence-corrected chi connectivity index (χ1v) is 7.44. The molecule has 0 amide bonds. The molecule has 0 radical (unpaired) electrons. The van der Waals surface area contributed by atoms with Crippen LogP contribution in [0.1, 0.15) is 11.1 Å². The molecule has 0 unspecified atom stereocenters. The lowest BCUT2D eigenvalue weighted by molar-refractivity contribution is -0.385. The molecule has 0 aliphatic heterocycles. The summed E-state index contributed by atoms with van der Waals surface area (Å²) in [7, 11) is 1.57. The Morgan fingerprint density at radius 3 is 2.76 bits per heavy atom. The van der Waals surface area contributed by atoms with Gasteiger partial charge in [0.15, 0.2) is 0 Å². The molecule has 1 aromatic heterocycles. The second-order valence-electron chi connectivity index (χ2n) is 4.32. The monoisotopic (exact) mass is 324 g/mol. The van der Waals surface area contributed by atoms with Crippen LogP contribution in [0.25, 0.3) is 0 Å². The number of nitrogens with zero attached hydrogens (tertiary/aromatic N) is 2. The second-order valence-corrected chi connectivity index (χ2v) is 5.73. The number of methoxy groups -OCH3 is 1. The Morgan fingerprint density at radius 2 is 2.19 bits per heavy atom. The Labute approximate surface area is 131 Å².